The van der Waals surface area contributed by atoms with Crippen molar-refractivity contribution in [2.24, 2.45) is 0 Å². The lowest BCUT2D eigenvalue weighted by atomic mass is 10.0. The molecular formula is C15H10Cl2F2O. The third-order valence-electron chi connectivity index (χ3n) is 2.82. The van der Waals surface area contributed by atoms with Gasteiger partial charge < -0.3 is 0 Å². The standard InChI is InChI=1S/C15H10Cl2F2O/c16-12-2-1-3-13(17)11(12)8-10(20)6-9-4-5-14(18)15(19)7-9/h1-5,7H,6,8H2. The Kier molecular flexibility index (Phi) is 4.73. The lowest BCUT2D eigenvalue weighted by molar-refractivity contribution is -0.117. The predicted octanol–water partition coefficient (Wildman–Crippen LogP) is 4.63. The molecular weight excluding hydrogens is 305 g/mol. The number of benzene rings is 2. The van der Waals surface area contributed by atoms with E-state index in [4.69, 9.17) is 23.2 Å². The van der Waals surface area contributed by atoms with Crippen molar-refractivity contribution in [1.82, 2.24) is 0 Å². The first kappa shape index (κ1) is 14.9. The summed E-state index contributed by atoms with van der Waals surface area (Å²) in [7, 11) is 0. The molecule has 0 aliphatic heterocycles. The molecule has 20 heavy (non-hydrogen) atoms. The van der Waals surface area contributed by atoms with Gasteiger partial charge in [-0.25, -0.2) is 8.78 Å². The van der Waals surface area contributed by atoms with Crippen LogP contribution >= 0.6 is 23.2 Å². The highest BCUT2D eigenvalue weighted by molar-refractivity contribution is 6.36. The molecule has 0 N–H and O–H groups in total. The summed E-state index contributed by atoms with van der Waals surface area (Å²) in [5.41, 5.74) is 0.959. The Hall–Kier alpha value is -1.45. The molecule has 0 spiro atoms. The second-order valence-electron chi connectivity index (χ2n) is 4.34. The van der Waals surface area contributed by atoms with Crippen LogP contribution in [0.25, 0.3) is 0 Å². The van der Waals surface area contributed by atoms with Crippen molar-refractivity contribution in [2.75, 3.05) is 0 Å². The second kappa shape index (κ2) is 6.33. The van der Waals surface area contributed by atoms with Crippen molar-refractivity contribution < 1.29 is 13.6 Å². The van der Waals surface area contributed by atoms with Crippen LogP contribution in [0.15, 0.2) is 36.4 Å². The molecule has 2 aromatic rings. The van der Waals surface area contributed by atoms with Gasteiger partial charge in [-0.3, -0.25) is 4.79 Å². The first-order chi connectivity index (χ1) is 9.47. The predicted molar refractivity (Wildman–Crippen MR) is 75.2 cm³/mol. The highest BCUT2D eigenvalue weighted by Crippen LogP contribution is 2.25. The van der Waals surface area contributed by atoms with Crippen LogP contribution in [-0.4, -0.2) is 5.78 Å². The summed E-state index contributed by atoms with van der Waals surface area (Å²) in [5.74, 6) is -2.08. The van der Waals surface area contributed by atoms with Crippen molar-refractivity contribution in [3.8, 4) is 0 Å². The fraction of sp³-hybridized carbons (Fsp3) is 0.133. The van der Waals surface area contributed by atoms with Crippen LogP contribution in [0.5, 0.6) is 0 Å². The Bertz CT molecular complexity index is 636. The molecule has 0 aromatic heterocycles. The molecule has 0 atom stereocenters. The lowest BCUT2D eigenvalue weighted by Gasteiger charge is -2.06. The first-order valence-corrected chi connectivity index (χ1v) is 6.61. The number of carbonyl (C=O) groups is 1. The Labute approximate surface area is 125 Å². The molecule has 0 saturated carbocycles. The van der Waals surface area contributed by atoms with Crippen LogP contribution in [-0.2, 0) is 17.6 Å². The van der Waals surface area contributed by atoms with Gasteiger partial charge in [0.05, 0.1) is 0 Å². The highest BCUT2D eigenvalue weighted by Gasteiger charge is 2.12. The molecule has 0 saturated heterocycles. The van der Waals surface area contributed by atoms with E-state index in [-0.39, 0.29) is 18.6 Å². The molecule has 0 aliphatic carbocycles. The van der Waals surface area contributed by atoms with E-state index >= 15 is 0 Å². The van der Waals surface area contributed by atoms with Crippen LogP contribution in [0.4, 0.5) is 8.78 Å². The Balaban J connectivity index is 2.11. The smallest absolute Gasteiger partial charge is 0.159 e. The summed E-state index contributed by atoms with van der Waals surface area (Å²) in [6.45, 7) is 0. The Morgan fingerprint density at radius 1 is 0.950 bits per heavy atom. The van der Waals surface area contributed by atoms with Gasteiger partial charge in [-0.15, -0.1) is 0 Å². The van der Waals surface area contributed by atoms with E-state index in [1.54, 1.807) is 18.2 Å². The quantitative estimate of drug-likeness (QED) is 0.804. The molecule has 0 amide bonds. The lowest BCUT2D eigenvalue weighted by Crippen LogP contribution is -2.08. The Morgan fingerprint density at radius 3 is 2.20 bits per heavy atom. The zero-order valence-corrected chi connectivity index (χ0v) is 11.8. The fourth-order valence-corrected chi connectivity index (χ4v) is 2.37. The van der Waals surface area contributed by atoms with Crippen LogP contribution in [0.2, 0.25) is 10.0 Å². The van der Waals surface area contributed by atoms with Crippen molar-refractivity contribution in [3.05, 3.63) is 69.2 Å². The third-order valence-corrected chi connectivity index (χ3v) is 3.53. The second-order valence-corrected chi connectivity index (χ2v) is 5.16. The monoisotopic (exact) mass is 314 g/mol. The van der Waals surface area contributed by atoms with Gasteiger partial charge in [-0.05, 0) is 35.4 Å². The molecule has 0 aliphatic rings. The van der Waals surface area contributed by atoms with E-state index in [1.807, 2.05) is 0 Å². The summed E-state index contributed by atoms with van der Waals surface area (Å²) in [6, 6.07) is 8.38. The third kappa shape index (κ3) is 3.56. The van der Waals surface area contributed by atoms with E-state index < -0.39 is 11.6 Å². The van der Waals surface area contributed by atoms with Gasteiger partial charge in [0.1, 0.15) is 5.78 Å². The van der Waals surface area contributed by atoms with Crippen molar-refractivity contribution in [2.45, 2.75) is 12.8 Å². The summed E-state index contributed by atoms with van der Waals surface area (Å²) in [5, 5.41) is 0.826. The van der Waals surface area contributed by atoms with E-state index in [9.17, 15) is 13.6 Å². The number of carbonyl (C=O) groups excluding carboxylic acids is 1. The maximum Gasteiger partial charge on any atom is 0.159 e. The van der Waals surface area contributed by atoms with Crippen molar-refractivity contribution in [3.63, 3.8) is 0 Å². The van der Waals surface area contributed by atoms with Gasteiger partial charge in [0.25, 0.3) is 0 Å². The molecule has 0 unspecified atom stereocenters. The van der Waals surface area contributed by atoms with Gasteiger partial charge >= 0.3 is 0 Å². The van der Waals surface area contributed by atoms with Crippen molar-refractivity contribution >= 4 is 29.0 Å². The minimum absolute atomic E-state index is 0.00124. The topological polar surface area (TPSA) is 17.1 Å². The largest absolute Gasteiger partial charge is 0.299 e. The number of rotatable bonds is 4. The molecule has 0 heterocycles. The van der Waals surface area contributed by atoms with Gasteiger partial charge in [-0.1, -0.05) is 35.3 Å². The number of hydrogen-bond acceptors (Lipinski definition) is 1. The first-order valence-electron chi connectivity index (χ1n) is 5.86. The molecule has 5 heteroatoms. The minimum Gasteiger partial charge on any atom is -0.299 e. The van der Waals surface area contributed by atoms with Gasteiger partial charge in [0.2, 0.25) is 0 Å². The zero-order chi connectivity index (χ0) is 14.7. The van der Waals surface area contributed by atoms with Gasteiger partial charge in [0.15, 0.2) is 11.6 Å². The average molecular weight is 315 g/mol. The summed E-state index contributed by atoms with van der Waals surface area (Å²) in [6.07, 6.45) is 0.0518. The van der Waals surface area contributed by atoms with E-state index in [0.29, 0.717) is 21.2 Å². The molecule has 1 nitrogen and oxygen atoms in total. The minimum atomic E-state index is -0.967. The van der Waals surface area contributed by atoms with Gasteiger partial charge in [-0.2, -0.15) is 0 Å². The molecule has 0 radical (unpaired) electrons. The van der Waals surface area contributed by atoms with E-state index in [1.165, 1.54) is 6.07 Å². The average Bonchev–Trinajstić information content (AvgIpc) is 2.38. The normalized spacial score (nSPS) is 10.6. The molecule has 0 fully saturated rings. The van der Waals surface area contributed by atoms with Gasteiger partial charge in [0, 0.05) is 22.9 Å². The maximum atomic E-state index is 13.1. The number of halogens is 4. The highest BCUT2D eigenvalue weighted by atomic mass is 35.5. The number of Topliss-reactive ketones (excluding diaryl/α,β-unsaturated/α-hetero) is 1. The fourth-order valence-electron chi connectivity index (χ4n) is 1.84. The number of ketones is 1. The van der Waals surface area contributed by atoms with Crippen LogP contribution in [0.1, 0.15) is 11.1 Å². The Morgan fingerprint density at radius 2 is 1.60 bits per heavy atom. The SMILES string of the molecule is O=C(Cc1ccc(F)c(F)c1)Cc1c(Cl)cccc1Cl. The van der Waals surface area contributed by atoms with E-state index in [0.717, 1.165) is 12.1 Å². The summed E-state index contributed by atoms with van der Waals surface area (Å²) >= 11 is 12.0. The van der Waals surface area contributed by atoms with Crippen molar-refractivity contribution in [1.29, 1.82) is 0 Å². The molecule has 2 aromatic carbocycles. The van der Waals surface area contributed by atoms with E-state index in [2.05, 4.69) is 0 Å². The number of hydrogen-bond donors (Lipinski definition) is 0. The molecule has 2 rings (SSSR count). The van der Waals surface area contributed by atoms with Crippen LogP contribution in [0, 0.1) is 11.6 Å². The van der Waals surface area contributed by atoms with Crippen LogP contribution in [0.3, 0.4) is 0 Å². The molecule has 0 bridgehead atoms. The van der Waals surface area contributed by atoms with Crippen LogP contribution < -0.4 is 0 Å². The summed E-state index contributed by atoms with van der Waals surface area (Å²) < 4.78 is 25.9. The molecule has 104 valence electrons. The zero-order valence-electron chi connectivity index (χ0n) is 10.3. The maximum absolute atomic E-state index is 13.1. The summed E-state index contributed by atoms with van der Waals surface area (Å²) in [4.78, 5) is 11.9.